The number of thiocarbonyl (C=S) groups is 2. The molecule has 0 amide bonds. The highest BCUT2D eigenvalue weighted by Gasteiger charge is 1.50. The van der Waals surface area contributed by atoms with Crippen molar-refractivity contribution in [2.75, 3.05) is 0 Å². The number of hydrogen-bond acceptors (Lipinski definition) is 2. The van der Waals surface area contributed by atoms with Gasteiger partial charge in [0.25, 0.3) is 0 Å². The molecule has 32 valence electrons. The highest BCUT2D eigenvalue weighted by atomic mass is 32.1. The summed E-state index contributed by atoms with van der Waals surface area (Å²) in [5.74, 6) is 0. The van der Waals surface area contributed by atoms with Crippen LogP contribution in [-0.2, 0) is 0 Å². The molecule has 0 aliphatic rings. The Balaban J connectivity index is 3.17. The molecule has 2 heteroatoms. The van der Waals surface area contributed by atoms with Crippen LogP contribution >= 0.6 is 24.4 Å². The number of rotatable bonds is 2. The van der Waals surface area contributed by atoms with E-state index in [-0.39, 0.29) is 0 Å². The summed E-state index contributed by atoms with van der Waals surface area (Å²) in [6.07, 6.45) is 3.42. The van der Waals surface area contributed by atoms with Gasteiger partial charge < -0.3 is 0 Å². The quantitative estimate of drug-likeness (QED) is 0.396. The Morgan fingerprint density at radius 1 is 0.833 bits per heavy atom. The van der Waals surface area contributed by atoms with Crippen molar-refractivity contribution < 1.29 is 0 Å². The van der Waals surface area contributed by atoms with Gasteiger partial charge in [-0.2, -0.15) is 0 Å². The van der Waals surface area contributed by atoms with E-state index in [0.29, 0.717) is 0 Å². The third-order valence-corrected chi connectivity index (χ3v) is 0.583. The highest BCUT2D eigenvalue weighted by molar-refractivity contribution is 7.79. The second-order valence-corrected chi connectivity index (χ2v) is 1.20. The fourth-order valence-corrected chi connectivity index (χ4v) is 0.272. The lowest BCUT2D eigenvalue weighted by atomic mass is 10.6. The van der Waals surface area contributed by atoms with Crippen molar-refractivity contribution in [3.05, 3.63) is 12.2 Å². The van der Waals surface area contributed by atoms with Crippen LogP contribution in [0.25, 0.3) is 0 Å². The smallest absolute Gasteiger partial charge is 0.00138 e. The first-order valence-electron chi connectivity index (χ1n) is 1.47. The van der Waals surface area contributed by atoms with Crippen LogP contribution in [0.1, 0.15) is 0 Å². The van der Waals surface area contributed by atoms with Crippen molar-refractivity contribution in [2.45, 2.75) is 0 Å². The molecule has 0 aromatic rings. The molecule has 0 saturated heterocycles. The number of hydrogen-bond donors (Lipinski definition) is 0. The van der Waals surface area contributed by atoms with Crippen molar-refractivity contribution in [3.8, 4) is 0 Å². The zero-order valence-corrected chi connectivity index (χ0v) is 4.76. The molecule has 0 spiro atoms. The summed E-state index contributed by atoms with van der Waals surface area (Å²) in [7, 11) is 0. The van der Waals surface area contributed by atoms with Crippen molar-refractivity contribution >= 4 is 35.2 Å². The molecule has 0 fully saturated rings. The fourth-order valence-electron chi connectivity index (χ4n) is 0.0907. The van der Waals surface area contributed by atoms with E-state index in [2.05, 4.69) is 24.4 Å². The molecule has 0 atom stereocenters. The van der Waals surface area contributed by atoms with Gasteiger partial charge in [-0.3, -0.25) is 0 Å². The van der Waals surface area contributed by atoms with Gasteiger partial charge in [-0.15, -0.1) is 0 Å². The van der Waals surface area contributed by atoms with E-state index in [4.69, 9.17) is 0 Å². The van der Waals surface area contributed by atoms with Gasteiger partial charge in [0.15, 0.2) is 0 Å². The van der Waals surface area contributed by atoms with Gasteiger partial charge in [0.05, 0.1) is 0 Å². The SMILES string of the molecule is S=CC=CC=S. The maximum atomic E-state index is 4.44. The van der Waals surface area contributed by atoms with E-state index in [9.17, 15) is 0 Å². The molecule has 0 aliphatic heterocycles. The minimum absolute atomic E-state index is 1.52. The van der Waals surface area contributed by atoms with Crippen LogP contribution in [0.3, 0.4) is 0 Å². The van der Waals surface area contributed by atoms with Gasteiger partial charge in [0, 0.05) is 10.7 Å². The summed E-state index contributed by atoms with van der Waals surface area (Å²) < 4.78 is 0. The Hall–Kier alpha value is -0.0800. The zero-order chi connectivity index (χ0) is 4.83. The topological polar surface area (TPSA) is 0 Å². The van der Waals surface area contributed by atoms with Crippen LogP contribution in [0.5, 0.6) is 0 Å². The predicted octanol–water partition coefficient (Wildman–Crippen LogP) is 1.54. The molecule has 0 aromatic heterocycles. The van der Waals surface area contributed by atoms with Gasteiger partial charge in [0.2, 0.25) is 0 Å². The number of allylic oxidation sites excluding steroid dienone is 2. The fraction of sp³-hybridized carbons (Fsp3) is 0. The summed E-state index contributed by atoms with van der Waals surface area (Å²) in [5, 5.41) is 3.03. The van der Waals surface area contributed by atoms with Gasteiger partial charge >= 0.3 is 0 Å². The lowest BCUT2D eigenvalue weighted by Crippen LogP contribution is -1.53. The van der Waals surface area contributed by atoms with Crippen molar-refractivity contribution in [1.29, 1.82) is 0 Å². The predicted molar refractivity (Wildman–Crippen MR) is 36.5 cm³/mol. The minimum atomic E-state index is 1.52. The van der Waals surface area contributed by atoms with Crippen molar-refractivity contribution in [2.24, 2.45) is 0 Å². The first-order chi connectivity index (χ1) is 2.91. The molecule has 0 aliphatic carbocycles. The third-order valence-electron chi connectivity index (χ3n) is 0.268. The molecular formula is C4H4S2. The first-order valence-corrected chi connectivity index (χ1v) is 2.41. The minimum Gasteiger partial charge on any atom is -0.0887 e. The average molecular weight is 116 g/mol. The molecule has 0 radical (unpaired) electrons. The van der Waals surface area contributed by atoms with E-state index in [1.807, 2.05) is 0 Å². The van der Waals surface area contributed by atoms with E-state index in [0.717, 1.165) is 0 Å². The molecule has 6 heavy (non-hydrogen) atoms. The summed E-state index contributed by atoms with van der Waals surface area (Å²) >= 11 is 8.88. The van der Waals surface area contributed by atoms with E-state index in [1.165, 1.54) is 10.7 Å². The molecule has 0 bridgehead atoms. The lowest BCUT2D eigenvalue weighted by Gasteiger charge is -1.57. The zero-order valence-electron chi connectivity index (χ0n) is 3.13. The summed E-state index contributed by atoms with van der Waals surface area (Å²) in [6.45, 7) is 0. The Labute approximate surface area is 47.9 Å². The van der Waals surface area contributed by atoms with Gasteiger partial charge in [-0.05, 0) is 0 Å². The van der Waals surface area contributed by atoms with Crippen molar-refractivity contribution in [1.82, 2.24) is 0 Å². The molecule has 0 nitrogen and oxygen atoms in total. The molecule has 0 rings (SSSR count). The van der Waals surface area contributed by atoms with Gasteiger partial charge in [-0.1, -0.05) is 36.6 Å². The average Bonchev–Trinajstić information content (AvgIpc) is 1.61. The van der Waals surface area contributed by atoms with E-state index in [1.54, 1.807) is 12.2 Å². The first kappa shape index (κ1) is 5.92. The normalized spacial score (nSPS) is 8.67. The summed E-state index contributed by atoms with van der Waals surface area (Å²) in [6, 6.07) is 0. The van der Waals surface area contributed by atoms with E-state index >= 15 is 0 Å². The maximum Gasteiger partial charge on any atom is 0.00138 e. The molecule has 0 N–H and O–H groups in total. The van der Waals surface area contributed by atoms with Crippen LogP contribution in [-0.4, -0.2) is 10.7 Å². The standard InChI is InChI=1S/C4H4S2/c5-3-1-2-4-6/h1-4H. The molecule has 0 aromatic carbocycles. The second-order valence-electron chi connectivity index (χ2n) is 0.657. The largest absolute Gasteiger partial charge is 0.0887 e. The van der Waals surface area contributed by atoms with Crippen LogP contribution in [0.4, 0.5) is 0 Å². The van der Waals surface area contributed by atoms with Crippen LogP contribution < -0.4 is 0 Å². The lowest BCUT2D eigenvalue weighted by molar-refractivity contribution is 2.41. The van der Waals surface area contributed by atoms with E-state index < -0.39 is 0 Å². The highest BCUT2D eigenvalue weighted by Crippen LogP contribution is 1.60. The summed E-state index contributed by atoms with van der Waals surface area (Å²) in [4.78, 5) is 0. The molecule has 0 unspecified atom stereocenters. The van der Waals surface area contributed by atoms with Crippen molar-refractivity contribution in [3.63, 3.8) is 0 Å². The Bertz CT molecular complexity index is 63.6. The second kappa shape index (κ2) is 4.92. The monoisotopic (exact) mass is 116 g/mol. The van der Waals surface area contributed by atoms with Crippen LogP contribution in [0.2, 0.25) is 0 Å². The van der Waals surface area contributed by atoms with Crippen LogP contribution in [0, 0.1) is 0 Å². The molecular weight excluding hydrogens is 112 g/mol. The van der Waals surface area contributed by atoms with Gasteiger partial charge in [0.1, 0.15) is 0 Å². The summed E-state index contributed by atoms with van der Waals surface area (Å²) in [5.41, 5.74) is 0. The molecule has 0 heterocycles. The third kappa shape index (κ3) is 3.92. The Kier molecular flexibility index (Phi) is 4.85. The Morgan fingerprint density at radius 2 is 1.17 bits per heavy atom. The molecule has 0 saturated carbocycles. The maximum absolute atomic E-state index is 4.44. The van der Waals surface area contributed by atoms with Crippen LogP contribution in [0.15, 0.2) is 12.2 Å². The van der Waals surface area contributed by atoms with Gasteiger partial charge in [-0.25, -0.2) is 0 Å². The Morgan fingerprint density at radius 3 is 1.33 bits per heavy atom.